The van der Waals surface area contributed by atoms with Gasteiger partial charge in [-0.15, -0.1) is 0 Å². The Morgan fingerprint density at radius 3 is 2.60 bits per heavy atom. The fraction of sp³-hybridized carbons (Fsp3) is 0.333. The van der Waals surface area contributed by atoms with Crippen LogP contribution in [0.1, 0.15) is 0 Å². The Bertz CT molecular complexity index is 146. The molecule has 0 rings (SSSR count). The largest absolute Gasteiger partial charge is 0.369 e. The summed E-state index contributed by atoms with van der Waals surface area (Å²) in [6.07, 6.45) is 0. The third-order valence-corrected chi connectivity index (χ3v) is 1.15. The Hall–Kier alpha value is -0.730. The molecule has 2 amide bonds. The van der Waals surface area contributed by atoms with Gasteiger partial charge in [0.15, 0.2) is 5.96 Å². The van der Waals surface area contributed by atoms with Crippen molar-refractivity contribution in [3.8, 4) is 0 Å². The van der Waals surface area contributed by atoms with Gasteiger partial charge in [0.05, 0.1) is 22.9 Å². The lowest BCUT2D eigenvalue weighted by atomic mass is 10.9. The van der Waals surface area contributed by atoms with Crippen molar-refractivity contribution in [3.05, 3.63) is 0 Å². The lowest BCUT2D eigenvalue weighted by molar-refractivity contribution is 0.249. The first-order chi connectivity index (χ1) is 4.66. The molecule has 0 atom stereocenters. The van der Waals surface area contributed by atoms with Gasteiger partial charge in [-0.3, -0.25) is 3.53 Å². The van der Waals surface area contributed by atoms with E-state index in [-0.39, 0.29) is 12.6 Å². The number of carbonyl (C=O) groups excluding carboxylic acids is 1. The van der Waals surface area contributed by atoms with Crippen LogP contribution in [0.25, 0.3) is 0 Å². The lowest BCUT2D eigenvalue weighted by Crippen LogP contribution is -2.32. The lowest BCUT2D eigenvalue weighted by Gasteiger charge is -1.97. The Morgan fingerprint density at radius 2 is 2.20 bits per heavy atom. The molecular weight excluding hydrogens is 249 g/mol. The number of hydrogen-bond acceptors (Lipinski definition) is 2. The van der Waals surface area contributed by atoms with E-state index >= 15 is 0 Å². The van der Waals surface area contributed by atoms with Crippen molar-refractivity contribution in [1.82, 2.24) is 8.85 Å². The highest BCUT2D eigenvalue weighted by Crippen LogP contribution is 1.69. The van der Waals surface area contributed by atoms with Crippen LogP contribution in [0.15, 0.2) is 4.99 Å². The molecule has 6 nitrogen and oxygen atoms in total. The van der Waals surface area contributed by atoms with Crippen LogP contribution in [-0.4, -0.2) is 18.7 Å². The van der Waals surface area contributed by atoms with E-state index < -0.39 is 6.03 Å². The third kappa shape index (κ3) is 5.41. The molecule has 0 bridgehead atoms. The smallest absolute Gasteiger partial charge is 0.313 e. The van der Waals surface area contributed by atoms with E-state index in [1.54, 1.807) is 0 Å². The second-order valence-electron chi connectivity index (χ2n) is 1.34. The minimum atomic E-state index is -0.620. The van der Waals surface area contributed by atoms with Gasteiger partial charge in [-0.05, 0) is 0 Å². The molecule has 0 aromatic heterocycles. The minimum Gasteiger partial charge on any atom is -0.369 e. The summed E-state index contributed by atoms with van der Waals surface area (Å²) in [7, 11) is 0. The molecule has 0 radical (unpaired) electrons. The second-order valence-corrected chi connectivity index (χ2v) is 1.88. The summed E-state index contributed by atoms with van der Waals surface area (Å²) < 4.78 is 2.54. The third-order valence-electron chi connectivity index (χ3n) is 0.600. The predicted octanol–water partition coefficient (Wildman–Crippen LogP) is -1.13. The molecule has 10 heavy (non-hydrogen) atoms. The zero-order valence-electron chi connectivity index (χ0n) is 5.10. The van der Waals surface area contributed by atoms with Gasteiger partial charge in [0.1, 0.15) is 6.67 Å². The van der Waals surface area contributed by atoms with E-state index in [1.807, 2.05) is 22.9 Å². The molecule has 0 aliphatic carbocycles. The number of primary amides is 1. The van der Waals surface area contributed by atoms with Crippen molar-refractivity contribution in [2.24, 2.45) is 16.5 Å². The van der Waals surface area contributed by atoms with Crippen LogP contribution in [0.2, 0.25) is 0 Å². The number of guanidine groups is 1. The molecule has 0 unspecified atom stereocenters. The number of nitrogens with zero attached hydrogens (tertiary/aromatic N) is 1. The van der Waals surface area contributed by atoms with Crippen molar-refractivity contribution in [2.75, 3.05) is 6.67 Å². The van der Waals surface area contributed by atoms with Gasteiger partial charge in [-0.2, -0.15) is 0 Å². The summed E-state index contributed by atoms with van der Waals surface area (Å²) in [5.74, 6) is 0.245. The molecule has 0 aromatic carbocycles. The van der Waals surface area contributed by atoms with E-state index in [2.05, 4.69) is 13.8 Å². The summed E-state index contributed by atoms with van der Waals surface area (Å²) in [6.45, 7) is 0.0944. The van der Waals surface area contributed by atoms with Gasteiger partial charge in [-0.25, -0.2) is 9.79 Å². The predicted molar refractivity (Wildman–Crippen MR) is 46.4 cm³/mol. The topological polar surface area (TPSA) is 106 Å². The van der Waals surface area contributed by atoms with Crippen molar-refractivity contribution in [3.63, 3.8) is 0 Å². The molecule has 0 saturated carbocycles. The number of urea groups is 1. The molecule has 6 N–H and O–H groups in total. The number of hydrogen-bond donors (Lipinski definition) is 4. The van der Waals surface area contributed by atoms with E-state index in [0.717, 1.165) is 0 Å². The molecule has 0 saturated heterocycles. The summed E-state index contributed by atoms with van der Waals surface area (Å²) in [5, 5.41) is 2.24. The van der Waals surface area contributed by atoms with Gasteiger partial charge in [0, 0.05) is 0 Å². The first kappa shape index (κ1) is 9.27. The number of nitrogens with two attached hydrogens (primary N) is 2. The number of aliphatic imine (C=N–C) groups is 1. The molecule has 7 heteroatoms. The maximum Gasteiger partial charge on any atom is 0.313 e. The van der Waals surface area contributed by atoms with Crippen LogP contribution >= 0.6 is 22.9 Å². The van der Waals surface area contributed by atoms with Crippen LogP contribution in [0, 0.1) is 0 Å². The monoisotopic (exact) mass is 257 g/mol. The average Bonchev–Trinajstić information content (AvgIpc) is 1.87. The van der Waals surface area contributed by atoms with Crippen LogP contribution in [-0.2, 0) is 0 Å². The maximum absolute atomic E-state index is 10.0. The van der Waals surface area contributed by atoms with Gasteiger partial charge in [0.2, 0.25) is 0 Å². The Balaban J connectivity index is 3.43. The second kappa shape index (κ2) is 5.09. The van der Waals surface area contributed by atoms with Crippen LogP contribution < -0.4 is 20.3 Å². The number of nitrogens with one attached hydrogen (secondary N) is 2. The number of halogens is 1. The van der Waals surface area contributed by atoms with E-state index in [4.69, 9.17) is 11.5 Å². The molecule has 0 aliphatic heterocycles. The van der Waals surface area contributed by atoms with E-state index in [0.29, 0.717) is 0 Å². The van der Waals surface area contributed by atoms with Crippen molar-refractivity contribution in [2.45, 2.75) is 0 Å². The standard InChI is InChI=1S/C3H8IN5O/c4-9-2(5)7-1-8-3(6)10/h1H2,(H3,5,7,9)(H3,6,8,10). The number of rotatable bonds is 2. The molecule has 0 aliphatic rings. The highest BCUT2D eigenvalue weighted by atomic mass is 127. The summed E-state index contributed by atoms with van der Waals surface area (Å²) in [6, 6.07) is -0.620. The first-order valence-electron chi connectivity index (χ1n) is 2.36. The molecule has 58 valence electrons. The maximum atomic E-state index is 10.0. The Kier molecular flexibility index (Phi) is 4.72. The van der Waals surface area contributed by atoms with Crippen molar-refractivity contribution < 1.29 is 4.79 Å². The van der Waals surface area contributed by atoms with Gasteiger partial charge < -0.3 is 16.8 Å². The van der Waals surface area contributed by atoms with Crippen LogP contribution in [0.3, 0.4) is 0 Å². The SMILES string of the molecule is NC(=O)NC/N=C(/N)NI. The minimum absolute atomic E-state index is 0.0944. The fourth-order valence-electron chi connectivity index (χ4n) is 0.232. The molecule has 0 spiro atoms. The molecule has 0 heterocycles. The Morgan fingerprint density at radius 1 is 1.60 bits per heavy atom. The van der Waals surface area contributed by atoms with Crippen LogP contribution in [0.4, 0.5) is 4.79 Å². The van der Waals surface area contributed by atoms with Crippen LogP contribution in [0.5, 0.6) is 0 Å². The highest BCUT2D eigenvalue weighted by Gasteiger charge is 1.87. The van der Waals surface area contributed by atoms with Gasteiger partial charge in [-0.1, -0.05) is 0 Å². The normalized spacial score (nSPS) is 10.7. The van der Waals surface area contributed by atoms with Crippen molar-refractivity contribution in [1.29, 1.82) is 0 Å². The van der Waals surface area contributed by atoms with E-state index in [1.165, 1.54) is 0 Å². The zero-order valence-corrected chi connectivity index (χ0v) is 7.25. The number of amides is 2. The Labute approximate surface area is 71.9 Å². The zero-order chi connectivity index (χ0) is 7.98. The average molecular weight is 257 g/mol. The molecule has 0 fully saturated rings. The van der Waals surface area contributed by atoms with Crippen molar-refractivity contribution >= 4 is 34.9 Å². The van der Waals surface area contributed by atoms with Gasteiger partial charge >= 0.3 is 6.03 Å². The number of carbonyl (C=O) groups is 1. The highest BCUT2D eigenvalue weighted by molar-refractivity contribution is 14.1. The van der Waals surface area contributed by atoms with E-state index in [9.17, 15) is 4.79 Å². The first-order valence-corrected chi connectivity index (χ1v) is 3.44. The summed E-state index contributed by atoms with van der Waals surface area (Å²) in [4.78, 5) is 13.7. The summed E-state index contributed by atoms with van der Waals surface area (Å²) in [5.41, 5.74) is 9.94. The summed E-state index contributed by atoms with van der Waals surface area (Å²) >= 11 is 1.82. The van der Waals surface area contributed by atoms with Gasteiger partial charge in [0.25, 0.3) is 0 Å². The molecule has 0 aromatic rings. The quantitative estimate of drug-likeness (QED) is 0.217. The fourth-order valence-corrected chi connectivity index (χ4v) is 0.403. The molecular formula is C3H8IN5O.